The van der Waals surface area contributed by atoms with Gasteiger partial charge in [0.1, 0.15) is 5.82 Å². The number of aromatic nitrogens is 2. The highest BCUT2D eigenvalue weighted by Crippen LogP contribution is 2.12. The molecule has 178 valence electrons. The number of hydrogen-bond acceptors (Lipinski definition) is 6. The Labute approximate surface area is 194 Å². The molecule has 3 N–H and O–H groups in total. The van der Waals surface area contributed by atoms with E-state index in [4.69, 9.17) is 5.73 Å². The Morgan fingerprint density at radius 2 is 1.67 bits per heavy atom. The van der Waals surface area contributed by atoms with Crippen molar-refractivity contribution in [2.24, 2.45) is 5.73 Å². The third kappa shape index (κ3) is 6.39. The third-order valence-corrected chi connectivity index (χ3v) is 5.51. The molecule has 0 saturated carbocycles. The van der Waals surface area contributed by atoms with Gasteiger partial charge in [0.2, 0.25) is 5.91 Å². The van der Waals surface area contributed by atoms with E-state index >= 15 is 0 Å². The largest absolute Gasteiger partial charge is 0.354 e. The Kier molecular flexibility index (Phi) is 7.50. The summed E-state index contributed by atoms with van der Waals surface area (Å²) in [6, 6.07) is 9.00. The van der Waals surface area contributed by atoms with Crippen LogP contribution in [-0.4, -0.2) is 88.5 Å². The van der Waals surface area contributed by atoms with Crippen molar-refractivity contribution < 1.29 is 9.59 Å². The molecule has 2 aromatic rings. The standard InChI is InChI=1S/C23H33N7O3/c1-23(2,24)20(31)28-13-15-29(16-14-28)21(32)25-19-10-12-30(22(33)26-19)18-7-5-17(6-8-18)9-11-27(3)4/h5-8,10,12H,9,11,13-16,24H2,1-4H3,(H,25,26,32,33). The van der Waals surface area contributed by atoms with E-state index in [9.17, 15) is 14.4 Å². The minimum atomic E-state index is -0.940. The van der Waals surface area contributed by atoms with Gasteiger partial charge in [-0.25, -0.2) is 9.59 Å². The molecule has 0 spiro atoms. The second-order valence-corrected chi connectivity index (χ2v) is 9.12. The molecule has 1 saturated heterocycles. The number of piperazine rings is 1. The summed E-state index contributed by atoms with van der Waals surface area (Å²) in [7, 11) is 4.06. The molecule has 0 atom stereocenters. The number of nitrogens with zero attached hydrogens (tertiary/aromatic N) is 5. The average molecular weight is 456 g/mol. The van der Waals surface area contributed by atoms with Crippen LogP contribution in [0.15, 0.2) is 41.3 Å². The predicted octanol–water partition coefficient (Wildman–Crippen LogP) is 0.750. The Morgan fingerprint density at radius 1 is 1.06 bits per heavy atom. The molecule has 0 radical (unpaired) electrons. The monoisotopic (exact) mass is 455 g/mol. The van der Waals surface area contributed by atoms with E-state index in [2.05, 4.69) is 15.2 Å². The first-order valence-corrected chi connectivity index (χ1v) is 11.0. The summed E-state index contributed by atoms with van der Waals surface area (Å²) >= 11 is 0. The van der Waals surface area contributed by atoms with Crippen molar-refractivity contribution >= 4 is 17.8 Å². The van der Waals surface area contributed by atoms with Gasteiger partial charge in [0, 0.05) is 38.9 Å². The SMILES string of the molecule is CN(C)CCc1ccc(-n2ccc(NC(=O)N3CCN(C(=O)C(C)(C)N)CC3)nc2=O)cc1. The van der Waals surface area contributed by atoms with Crippen molar-refractivity contribution in [3.8, 4) is 5.69 Å². The first-order valence-electron chi connectivity index (χ1n) is 11.0. The van der Waals surface area contributed by atoms with Crippen LogP contribution in [0.25, 0.3) is 5.69 Å². The maximum Gasteiger partial charge on any atom is 0.354 e. The van der Waals surface area contributed by atoms with Crippen molar-refractivity contribution in [2.45, 2.75) is 25.8 Å². The van der Waals surface area contributed by atoms with E-state index in [1.165, 1.54) is 10.1 Å². The fourth-order valence-corrected chi connectivity index (χ4v) is 3.55. The molecule has 0 aliphatic carbocycles. The number of carbonyl (C=O) groups excluding carboxylic acids is 2. The van der Waals surface area contributed by atoms with Gasteiger partial charge in [-0.3, -0.25) is 14.7 Å². The third-order valence-electron chi connectivity index (χ3n) is 5.51. The molecule has 3 amide bonds. The van der Waals surface area contributed by atoms with Crippen molar-refractivity contribution in [3.05, 3.63) is 52.6 Å². The summed E-state index contributed by atoms with van der Waals surface area (Å²) < 4.78 is 1.43. The number of benzene rings is 1. The summed E-state index contributed by atoms with van der Waals surface area (Å²) in [5.41, 5.74) is 6.36. The number of rotatable bonds is 6. The zero-order valence-corrected chi connectivity index (χ0v) is 19.7. The molecule has 3 rings (SSSR count). The van der Waals surface area contributed by atoms with Gasteiger partial charge in [-0.2, -0.15) is 4.98 Å². The van der Waals surface area contributed by atoms with E-state index < -0.39 is 11.2 Å². The molecule has 1 fully saturated rings. The molecule has 33 heavy (non-hydrogen) atoms. The van der Waals surface area contributed by atoms with Crippen LogP contribution < -0.4 is 16.7 Å². The smallest absolute Gasteiger partial charge is 0.338 e. The summed E-state index contributed by atoms with van der Waals surface area (Å²) in [6.45, 7) is 5.87. The van der Waals surface area contributed by atoms with Crippen LogP contribution >= 0.6 is 0 Å². The minimum Gasteiger partial charge on any atom is -0.338 e. The molecule has 0 unspecified atom stereocenters. The molecule has 1 aliphatic heterocycles. The Bertz CT molecular complexity index is 1030. The molecule has 10 nitrogen and oxygen atoms in total. The van der Waals surface area contributed by atoms with E-state index in [1.807, 2.05) is 38.4 Å². The summed E-state index contributed by atoms with van der Waals surface area (Å²) in [5, 5.41) is 2.67. The predicted molar refractivity (Wildman–Crippen MR) is 128 cm³/mol. The Morgan fingerprint density at radius 3 is 2.21 bits per heavy atom. The van der Waals surface area contributed by atoms with E-state index in [0.29, 0.717) is 31.9 Å². The quantitative estimate of drug-likeness (QED) is 0.664. The second-order valence-electron chi connectivity index (χ2n) is 9.12. The van der Waals surface area contributed by atoms with Crippen molar-refractivity contribution in [1.29, 1.82) is 0 Å². The number of urea groups is 1. The molecular formula is C23H33N7O3. The zero-order chi connectivity index (χ0) is 24.2. The first-order chi connectivity index (χ1) is 15.5. The van der Waals surface area contributed by atoms with Gasteiger partial charge in [0.25, 0.3) is 0 Å². The van der Waals surface area contributed by atoms with Crippen molar-refractivity contribution in [3.63, 3.8) is 0 Å². The lowest BCUT2D eigenvalue weighted by Crippen LogP contribution is -2.58. The van der Waals surface area contributed by atoms with Gasteiger partial charge < -0.3 is 20.4 Å². The lowest BCUT2D eigenvalue weighted by Gasteiger charge is -2.37. The van der Waals surface area contributed by atoms with Crippen LogP contribution in [0.1, 0.15) is 19.4 Å². The zero-order valence-electron chi connectivity index (χ0n) is 19.7. The molecule has 2 heterocycles. The maximum absolute atomic E-state index is 12.6. The van der Waals surface area contributed by atoms with Crippen LogP contribution in [0.3, 0.4) is 0 Å². The molecule has 1 aromatic carbocycles. The van der Waals surface area contributed by atoms with E-state index in [0.717, 1.165) is 13.0 Å². The lowest BCUT2D eigenvalue weighted by atomic mass is 10.1. The maximum atomic E-state index is 12.6. The number of nitrogens with two attached hydrogens (primary N) is 1. The molecular weight excluding hydrogens is 422 g/mol. The van der Waals surface area contributed by atoms with Gasteiger partial charge in [-0.1, -0.05) is 12.1 Å². The van der Waals surface area contributed by atoms with Gasteiger partial charge in [0.05, 0.1) is 11.2 Å². The summed E-state index contributed by atoms with van der Waals surface area (Å²) in [5.74, 6) is 0.0454. The van der Waals surface area contributed by atoms with E-state index in [1.54, 1.807) is 35.9 Å². The molecule has 1 aliphatic rings. The van der Waals surface area contributed by atoms with Gasteiger partial charge in [-0.15, -0.1) is 0 Å². The number of anilines is 1. The topological polar surface area (TPSA) is 117 Å². The average Bonchev–Trinajstić information content (AvgIpc) is 2.77. The normalized spacial score (nSPS) is 14.5. The van der Waals surface area contributed by atoms with Gasteiger partial charge in [0.15, 0.2) is 0 Å². The number of likely N-dealkylation sites (N-methyl/N-ethyl adjacent to an activating group) is 1. The highest BCUT2D eigenvalue weighted by molar-refractivity contribution is 5.89. The van der Waals surface area contributed by atoms with Crippen LogP contribution in [0.4, 0.5) is 10.6 Å². The first kappa shape index (κ1) is 24.4. The summed E-state index contributed by atoms with van der Waals surface area (Å²) in [4.78, 5) is 46.8. The number of carbonyl (C=O) groups is 2. The highest BCUT2D eigenvalue weighted by Gasteiger charge is 2.31. The van der Waals surface area contributed by atoms with Crippen molar-refractivity contribution in [1.82, 2.24) is 24.3 Å². The number of nitrogens with one attached hydrogen (secondary N) is 1. The van der Waals surface area contributed by atoms with Gasteiger partial charge >= 0.3 is 11.7 Å². The molecule has 10 heteroatoms. The minimum absolute atomic E-state index is 0.140. The second kappa shape index (κ2) is 10.1. The fourth-order valence-electron chi connectivity index (χ4n) is 3.55. The van der Waals surface area contributed by atoms with Crippen LogP contribution in [-0.2, 0) is 11.2 Å². The molecule has 1 aromatic heterocycles. The number of hydrogen-bond donors (Lipinski definition) is 2. The van der Waals surface area contributed by atoms with Gasteiger partial charge in [-0.05, 0) is 58.1 Å². The highest BCUT2D eigenvalue weighted by atomic mass is 16.2. The number of amides is 3. The van der Waals surface area contributed by atoms with Crippen LogP contribution in [0.5, 0.6) is 0 Å². The van der Waals surface area contributed by atoms with E-state index in [-0.39, 0.29) is 17.8 Å². The van der Waals surface area contributed by atoms with Crippen molar-refractivity contribution in [2.75, 3.05) is 52.1 Å². The lowest BCUT2D eigenvalue weighted by molar-refractivity contribution is -0.137. The van der Waals surface area contributed by atoms with Crippen LogP contribution in [0, 0.1) is 0 Å². The summed E-state index contributed by atoms with van der Waals surface area (Å²) in [6.07, 6.45) is 2.53. The Balaban J connectivity index is 1.59. The molecule has 0 bridgehead atoms. The van der Waals surface area contributed by atoms with Crippen LogP contribution in [0.2, 0.25) is 0 Å². The Hall–Kier alpha value is -3.24. The fraction of sp³-hybridized carbons (Fsp3) is 0.478.